The van der Waals surface area contributed by atoms with Gasteiger partial charge in [0.2, 0.25) is 0 Å². The van der Waals surface area contributed by atoms with Crippen LogP contribution in [0.1, 0.15) is 66.1 Å². The van der Waals surface area contributed by atoms with Crippen LogP contribution in [0, 0.1) is 5.41 Å². The van der Waals surface area contributed by atoms with Crippen molar-refractivity contribution in [2.45, 2.75) is 71.8 Å². The lowest BCUT2D eigenvalue weighted by Gasteiger charge is -2.39. The van der Waals surface area contributed by atoms with Gasteiger partial charge in [0.25, 0.3) is 0 Å². The molecule has 0 saturated heterocycles. The summed E-state index contributed by atoms with van der Waals surface area (Å²) in [6.07, 6.45) is 5.06. The van der Waals surface area contributed by atoms with Gasteiger partial charge in [-0.15, -0.1) is 0 Å². The van der Waals surface area contributed by atoms with Gasteiger partial charge in [0.1, 0.15) is 16.8 Å². The highest BCUT2D eigenvalue weighted by molar-refractivity contribution is 6.29. The second-order valence-electron chi connectivity index (χ2n) is 7.58. The van der Waals surface area contributed by atoms with E-state index in [1.165, 1.54) is 25.7 Å². The molecule has 0 spiro atoms. The first-order valence-electron chi connectivity index (χ1n) is 7.50. The molecular weight excluding hydrogens is 270 g/mol. The molecule has 112 valence electrons. The summed E-state index contributed by atoms with van der Waals surface area (Å²) in [5, 5.41) is 4.10. The zero-order chi connectivity index (χ0) is 15.0. The van der Waals surface area contributed by atoms with Crippen LogP contribution in [0.15, 0.2) is 6.07 Å². The summed E-state index contributed by atoms with van der Waals surface area (Å²) in [7, 11) is 0. The summed E-state index contributed by atoms with van der Waals surface area (Å²) in [5.41, 5.74) is 0.209. The Hall–Kier alpha value is -0.830. The normalized spacial score (nSPS) is 22.6. The van der Waals surface area contributed by atoms with E-state index in [1.54, 1.807) is 0 Å². The van der Waals surface area contributed by atoms with E-state index in [0.29, 0.717) is 16.6 Å². The molecule has 20 heavy (non-hydrogen) atoms. The van der Waals surface area contributed by atoms with Gasteiger partial charge in [-0.1, -0.05) is 59.1 Å². The van der Waals surface area contributed by atoms with E-state index < -0.39 is 0 Å². The summed E-state index contributed by atoms with van der Waals surface area (Å²) in [4.78, 5) is 9.01. The topological polar surface area (TPSA) is 37.8 Å². The van der Waals surface area contributed by atoms with Gasteiger partial charge in [0, 0.05) is 17.5 Å². The molecule has 1 aromatic heterocycles. The Kier molecular flexibility index (Phi) is 4.29. The molecule has 0 amide bonds. The van der Waals surface area contributed by atoms with Crippen molar-refractivity contribution in [2.75, 3.05) is 5.32 Å². The standard InChI is InChI=1S/C16H26ClN3/c1-15(2,3)14-19-12(17)10-13(20-14)18-11-8-6-7-9-16(11,4)5/h10-11H,6-9H2,1-5H3,(H,18,19,20). The minimum Gasteiger partial charge on any atom is -0.367 e. The fourth-order valence-electron chi connectivity index (χ4n) is 2.77. The molecule has 2 rings (SSSR count). The average Bonchev–Trinajstić information content (AvgIpc) is 2.30. The maximum Gasteiger partial charge on any atom is 0.137 e. The zero-order valence-corrected chi connectivity index (χ0v) is 14.0. The first kappa shape index (κ1) is 15.6. The summed E-state index contributed by atoms with van der Waals surface area (Å²) < 4.78 is 0. The summed E-state index contributed by atoms with van der Waals surface area (Å²) in [6.45, 7) is 11.0. The zero-order valence-electron chi connectivity index (χ0n) is 13.3. The Bertz CT molecular complexity index is 477. The predicted molar refractivity (Wildman–Crippen MR) is 85.4 cm³/mol. The van der Waals surface area contributed by atoms with Crippen molar-refractivity contribution in [2.24, 2.45) is 5.41 Å². The fourth-order valence-corrected chi connectivity index (χ4v) is 2.95. The van der Waals surface area contributed by atoms with E-state index in [4.69, 9.17) is 11.6 Å². The Labute approximate surface area is 127 Å². The molecule has 1 N–H and O–H groups in total. The number of hydrogen-bond acceptors (Lipinski definition) is 3. The van der Waals surface area contributed by atoms with Crippen LogP contribution in [0.4, 0.5) is 5.82 Å². The van der Waals surface area contributed by atoms with Crippen molar-refractivity contribution in [1.29, 1.82) is 0 Å². The van der Waals surface area contributed by atoms with Crippen LogP contribution >= 0.6 is 11.6 Å². The highest BCUT2D eigenvalue weighted by Crippen LogP contribution is 2.37. The van der Waals surface area contributed by atoms with Crippen molar-refractivity contribution in [3.63, 3.8) is 0 Å². The molecule has 1 atom stereocenters. The molecule has 1 heterocycles. The maximum absolute atomic E-state index is 6.15. The SMILES string of the molecule is CC(C)(C)c1nc(Cl)cc(NC2CCCCC2(C)C)n1. The second-order valence-corrected chi connectivity index (χ2v) is 7.97. The largest absolute Gasteiger partial charge is 0.367 e. The Morgan fingerprint density at radius 3 is 2.55 bits per heavy atom. The molecule has 4 heteroatoms. The molecule has 1 fully saturated rings. The molecule has 3 nitrogen and oxygen atoms in total. The van der Waals surface area contributed by atoms with Gasteiger partial charge in [-0.25, -0.2) is 9.97 Å². The lowest BCUT2D eigenvalue weighted by atomic mass is 9.73. The molecular formula is C16H26ClN3. The monoisotopic (exact) mass is 295 g/mol. The lowest BCUT2D eigenvalue weighted by Crippen LogP contribution is -2.39. The highest BCUT2D eigenvalue weighted by atomic mass is 35.5. The minimum atomic E-state index is -0.0938. The summed E-state index contributed by atoms with van der Waals surface area (Å²) in [6, 6.07) is 2.29. The molecule has 1 unspecified atom stereocenters. The quantitative estimate of drug-likeness (QED) is 0.796. The van der Waals surface area contributed by atoms with Crippen molar-refractivity contribution < 1.29 is 0 Å². The van der Waals surface area contributed by atoms with Crippen LogP contribution in [0.25, 0.3) is 0 Å². The molecule has 1 aliphatic carbocycles. The Balaban J connectivity index is 2.23. The number of nitrogens with zero attached hydrogens (tertiary/aromatic N) is 2. The van der Waals surface area contributed by atoms with E-state index in [2.05, 4.69) is 49.9 Å². The van der Waals surface area contributed by atoms with Gasteiger partial charge in [-0.05, 0) is 18.3 Å². The van der Waals surface area contributed by atoms with Crippen LogP contribution in [0.5, 0.6) is 0 Å². The van der Waals surface area contributed by atoms with Crippen molar-refractivity contribution in [3.8, 4) is 0 Å². The van der Waals surface area contributed by atoms with Gasteiger partial charge in [-0.3, -0.25) is 0 Å². The third-order valence-electron chi connectivity index (χ3n) is 4.20. The van der Waals surface area contributed by atoms with Crippen LogP contribution in [-0.2, 0) is 5.41 Å². The summed E-state index contributed by atoms with van der Waals surface area (Å²) >= 11 is 6.15. The Morgan fingerprint density at radius 1 is 1.25 bits per heavy atom. The van der Waals surface area contributed by atoms with Gasteiger partial charge < -0.3 is 5.32 Å². The van der Waals surface area contributed by atoms with Crippen LogP contribution in [0.2, 0.25) is 5.15 Å². The van der Waals surface area contributed by atoms with Gasteiger partial charge in [0.15, 0.2) is 0 Å². The number of nitrogens with one attached hydrogen (secondary N) is 1. The van der Waals surface area contributed by atoms with E-state index >= 15 is 0 Å². The number of hydrogen-bond donors (Lipinski definition) is 1. The van der Waals surface area contributed by atoms with E-state index in [-0.39, 0.29) is 5.41 Å². The average molecular weight is 296 g/mol. The first-order valence-corrected chi connectivity index (χ1v) is 7.88. The third-order valence-corrected chi connectivity index (χ3v) is 4.39. The number of aromatic nitrogens is 2. The lowest BCUT2D eigenvalue weighted by molar-refractivity contribution is 0.216. The van der Waals surface area contributed by atoms with Crippen molar-refractivity contribution in [3.05, 3.63) is 17.0 Å². The Morgan fingerprint density at radius 2 is 1.95 bits per heavy atom. The second kappa shape index (κ2) is 5.51. The van der Waals surface area contributed by atoms with Crippen LogP contribution in [-0.4, -0.2) is 16.0 Å². The van der Waals surface area contributed by atoms with Crippen molar-refractivity contribution in [1.82, 2.24) is 9.97 Å². The van der Waals surface area contributed by atoms with Gasteiger partial charge in [-0.2, -0.15) is 0 Å². The fraction of sp³-hybridized carbons (Fsp3) is 0.750. The van der Waals surface area contributed by atoms with Crippen molar-refractivity contribution >= 4 is 17.4 Å². The predicted octanol–water partition coefficient (Wildman–Crippen LogP) is 4.81. The van der Waals surface area contributed by atoms with Gasteiger partial charge >= 0.3 is 0 Å². The van der Waals surface area contributed by atoms with Gasteiger partial charge in [0.05, 0.1) is 0 Å². The molecule has 0 bridgehead atoms. The molecule has 0 aromatic carbocycles. The van der Waals surface area contributed by atoms with Crippen LogP contribution in [0.3, 0.4) is 0 Å². The molecule has 1 aliphatic rings. The molecule has 0 aliphatic heterocycles. The van der Waals surface area contributed by atoms with E-state index in [0.717, 1.165) is 11.6 Å². The molecule has 1 saturated carbocycles. The maximum atomic E-state index is 6.15. The number of rotatable bonds is 2. The van der Waals surface area contributed by atoms with Crippen LogP contribution < -0.4 is 5.32 Å². The highest BCUT2D eigenvalue weighted by Gasteiger charge is 2.32. The minimum absolute atomic E-state index is 0.0938. The summed E-state index contributed by atoms with van der Waals surface area (Å²) in [5.74, 6) is 1.65. The van der Waals surface area contributed by atoms with E-state index in [1.807, 2.05) is 6.07 Å². The number of anilines is 1. The van der Waals surface area contributed by atoms with E-state index in [9.17, 15) is 0 Å². The first-order chi connectivity index (χ1) is 9.18. The third kappa shape index (κ3) is 3.63. The molecule has 0 radical (unpaired) electrons. The molecule has 1 aromatic rings. The number of halogens is 1. The smallest absolute Gasteiger partial charge is 0.137 e.